The summed E-state index contributed by atoms with van der Waals surface area (Å²) in [6, 6.07) is 17.5. The number of halogens is 2. The normalized spacial score (nSPS) is 12.4. The van der Waals surface area contributed by atoms with Crippen LogP contribution in [0.3, 0.4) is 0 Å². The van der Waals surface area contributed by atoms with Crippen molar-refractivity contribution in [3.8, 4) is 0 Å². The van der Waals surface area contributed by atoms with Crippen LogP contribution in [0.5, 0.6) is 0 Å². The van der Waals surface area contributed by atoms with E-state index in [9.17, 15) is 0 Å². The van der Waals surface area contributed by atoms with E-state index >= 15 is 0 Å². The quantitative estimate of drug-likeness (QED) is 0.710. The van der Waals surface area contributed by atoms with E-state index in [1.807, 2.05) is 0 Å². The molecule has 1 unspecified atom stereocenters. The van der Waals surface area contributed by atoms with Crippen molar-refractivity contribution in [3.05, 3.63) is 67.7 Å². The highest BCUT2D eigenvalue weighted by Crippen LogP contribution is 2.24. The molecule has 18 heavy (non-hydrogen) atoms. The Bertz CT molecular complexity index is 447. The molecule has 2 aromatic rings. The molecule has 0 radical (unpaired) electrons. The molecule has 1 atom stereocenters. The van der Waals surface area contributed by atoms with Crippen LogP contribution >= 0.6 is 38.5 Å². The van der Waals surface area contributed by atoms with Gasteiger partial charge in [0.25, 0.3) is 0 Å². The fraction of sp³-hybridized carbons (Fsp3) is 0.200. The summed E-state index contributed by atoms with van der Waals surface area (Å²) >= 11 is 5.81. The van der Waals surface area contributed by atoms with E-state index < -0.39 is 0 Å². The Hall–Kier alpha value is -0.390. The Morgan fingerprint density at radius 2 is 1.50 bits per heavy atom. The monoisotopic (exact) mass is 415 g/mol. The first-order chi connectivity index (χ1) is 8.70. The maximum absolute atomic E-state index is 3.54. The van der Waals surface area contributed by atoms with Crippen molar-refractivity contribution in [2.75, 3.05) is 6.54 Å². The first kappa shape index (κ1) is 14.0. The van der Waals surface area contributed by atoms with Crippen LogP contribution in [0, 0.1) is 3.57 Å². The standard InChI is InChI=1S/C15H15BrIN/c1-2-18-15(11-3-7-13(16)8-4-11)12-5-9-14(17)10-6-12/h3-10,15,18H,2H2,1H3. The zero-order valence-electron chi connectivity index (χ0n) is 10.2. The number of rotatable bonds is 4. The summed E-state index contributed by atoms with van der Waals surface area (Å²) in [6.07, 6.45) is 0. The van der Waals surface area contributed by atoms with E-state index in [2.05, 4.69) is 99.3 Å². The van der Waals surface area contributed by atoms with E-state index in [4.69, 9.17) is 0 Å². The van der Waals surface area contributed by atoms with Gasteiger partial charge in [-0.05, 0) is 64.5 Å². The molecule has 0 heterocycles. The zero-order valence-corrected chi connectivity index (χ0v) is 13.9. The lowest BCUT2D eigenvalue weighted by molar-refractivity contribution is 0.630. The minimum absolute atomic E-state index is 0.264. The van der Waals surface area contributed by atoms with Gasteiger partial charge in [0.15, 0.2) is 0 Å². The van der Waals surface area contributed by atoms with Gasteiger partial charge in [-0.3, -0.25) is 0 Å². The van der Waals surface area contributed by atoms with Crippen LogP contribution < -0.4 is 5.32 Å². The van der Waals surface area contributed by atoms with Crippen LogP contribution in [-0.4, -0.2) is 6.54 Å². The van der Waals surface area contributed by atoms with Crippen LogP contribution in [0.2, 0.25) is 0 Å². The third-order valence-corrected chi connectivity index (χ3v) is 4.06. The molecule has 1 nitrogen and oxygen atoms in total. The molecule has 0 aliphatic heterocycles. The van der Waals surface area contributed by atoms with Crippen molar-refractivity contribution in [2.45, 2.75) is 13.0 Å². The Morgan fingerprint density at radius 3 is 2.00 bits per heavy atom. The first-order valence-electron chi connectivity index (χ1n) is 5.95. The maximum Gasteiger partial charge on any atom is 0.0576 e. The summed E-state index contributed by atoms with van der Waals surface area (Å²) < 4.78 is 2.38. The van der Waals surface area contributed by atoms with Gasteiger partial charge in [-0.1, -0.05) is 47.1 Å². The minimum atomic E-state index is 0.264. The van der Waals surface area contributed by atoms with Crippen molar-refractivity contribution in [1.82, 2.24) is 5.32 Å². The molecule has 2 aromatic carbocycles. The van der Waals surface area contributed by atoms with Crippen molar-refractivity contribution < 1.29 is 0 Å². The predicted octanol–water partition coefficient (Wildman–Crippen LogP) is 4.75. The Labute approximate surface area is 130 Å². The molecule has 0 saturated heterocycles. The molecule has 0 spiro atoms. The lowest BCUT2D eigenvalue weighted by atomic mass is 9.99. The van der Waals surface area contributed by atoms with E-state index in [-0.39, 0.29) is 6.04 Å². The molecule has 2 rings (SSSR count). The number of benzene rings is 2. The molecule has 0 bridgehead atoms. The van der Waals surface area contributed by atoms with E-state index in [1.54, 1.807) is 0 Å². The molecule has 1 N–H and O–H groups in total. The fourth-order valence-electron chi connectivity index (χ4n) is 1.94. The summed E-state index contributed by atoms with van der Waals surface area (Å²) in [7, 11) is 0. The SMILES string of the molecule is CCNC(c1ccc(Br)cc1)c1ccc(I)cc1. The van der Waals surface area contributed by atoms with Crippen LogP contribution in [0.4, 0.5) is 0 Å². The second kappa shape index (κ2) is 6.68. The molecular weight excluding hydrogens is 401 g/mol. The van der Waals surface area contributed by atoms with Crippen molar-refractivity contribution in [2.24, 2.45) is 0 Å². The van der Waals surface area contributed by atoms with Gasteiger partial charge in [0.05, 0.1) is 6.04 Å². The first-order valence-corrected chi connectivity index (χ1v) is 7.82. The third kappa shape index (κ3) is 3.56. The average molecular weight is 416 g/mol. The summed E-state index contributed by atoms with van der Waals surface area (Å²) in [5.74, 6) is 0. The van der Waals surface area contributed by atoms with Crippen LogP contribution in [0.15, 0.2) is 53.0 Å². The smallest absolute Gasteiger partial charge is 0.0576 e. The van der Waals surface area contributed by atoms with Gasteiger partial charge < -0.3 is 5.32 Å². The van der Waals surface area contributed by atoms with E-state index in [0.717, 1.165) is 11.0 Å². The molecule has 0 amide bonds. The van der Waals surface area contributed by atoms with Gasteiger partial charge in [0.1, 0.15) is 0 Å². The van der Waals surface area contributed by atoms with Crippen molar-refractivity contribution in [3.63, 3.8) is 0 Å². The lowest BCUT2D eigenvalue weighted by Crippen LogP contribution is -2.21. The highest BCUT2D eigenvalue weighted by atomic mass is 127. The van der Waals surface area contributed by atoms with Crippen LogP contribution in [-0.2, 0) is 0 Å². The van der Waals surface area contributed by atoms with Crippen molar-refractivity contribution >= 4 is 38.5 Å². The summed E-state index contributed by atoms with van der Waals surface area (Å²) in [4.78, 5) is 0. The van der Waals surface area contributed by atoms with Gasteiger partial charge in [-0.2, -0.15) is 0 Å². The molecule has 0 aliphatic carbocycles. The van der Waals surface area contributed by atoms with Crippen molar-refractivity contribution in [1.29, 1.82) is 0 Å². The summed E-state index contributed by atoms with van der Waals surface area (Å²) in [6.45, 7) is 3.09. The average Bonchev–Trinajstić information content (AvgIpc) is 2.39. The maximum atomic E-state index is 3.54. The fourth-order valence-corrected chi connectivity index (χ4v) is 2.57. The summed E-state index contributed by atoms with van der Waals surface area (Å²) in [5, 5.41) is 3.54. The zero-order chi connectivity index (χ0) is 13.0. The molecule has 0 aromatic heterocycles. The Balaban J connectivity index is 2.33. The van der Waals surface area contributed by atoms with Gasteiger partial charge >= 0.3 is 0 Å². The Morgan fingerprint density at radius 1 is 1.00 bits per heavy atom. The highest BCUT2D eigenvalue weighted by Gasteiger charge is 2.12. The van der Waals surface area contributed by atoms with E-state index in [1.165, 1.54) is 14.7 Å². The molecule has 0 saturated carbocycles. The number of hydrogen-bond acceptors (Lipinski definition) is 1. The predicted molar refractivity (Wildman–Crippen MR) is 88.8 cm³/mol. The molecule has 94 valence electrons. The minimum Gasteiger partial charge on any atom is -0.307 e. The molecule has 0 aliphatic rings. The van der Waals surface area contributed by atoms with E-state index in [0.29, 0.717) is 0 Å². The highest BCUT2D eigenvalue weighted by molar-refractivity contribution is 14.1. The molecule has 3 heteroatoms. The van der Waals surface area contributed by atoms with Gasteiger partial charge in [0, 0.05) is 8.04 Å². The second-order valence-electron chi connectivity index (χ2n) is 4.09. The van der Waals surface area contributed by atoms with Gasteiger partial charge in [0.2, 0.25) is 0 Å². The third-order valence-electron chi connectivity index (χ3n) is 2.81. The summed E-state index contributed by atoms with van der Waals surface area (Å²) in [5.41, 5.74) is 2.60. The van der Waals surface area contributed by atoms with Crippen LogP contribution in [0.1, 0.15) is 24.1 Å². The Kier molecular flexibility index (Phi) is 5.21. The second-order valence-corrected chi connectivity index (χ2v) is 6.26. The van der Waals surface area contributed by atoms with Gasteiger partial charge in [-0.25, -0.2) is 0 Å². The number of nitrogens with one attached hydrogen (secondary N) is 1. The topological polar surface area (TPSA) is 12.0 Å². The molecular formula is C15H15BrIN. The largest absolute Gasteiger partial charge is 0.307 e. The lowest BCUT2D eigenvalue weighted by Gasteiger charge is -2.19. The van der Waals surface area contributed by atoms with Crippen LogP contribution in [0.25, 0.3) is 0 Å². The van der Waals surface area contributed by atoms with Gasteiger partial charge in [-0.15, -0.1) is 0 Å². The number of hydrogen-bond donors (Lipinski definition) is 1. The molecule has 0 fully saturated rings.